The number of hydrogen-bond donors (Lipinski definition) is 1. The summed E-state index contributed by atoms with van der Waals surface area (Å²) >= 11 is 1.80. The largest absolute Gasteiger partial charge is 0.317 e. The van der Waals surface area contributed by atoms with Crippen LogP contribution in [0.15, 0.2) is 11.6 Å². The van der Waals surface area contributed by atoms with Gasteiger partial charge < -0.3 is 5.32 Å². The summed E-state index contributed by atoms with van der Waals surface area (Å²) < 4.78 is 0. The van der Waals surface area contributed by atoms with Gasteiger partial charge in [0, 0.05) is 29.7 Å². The molecule has 2 aliphatic rings. The van der Waals surface area contributed by atoms with Crippen molar-refractivity contribution < 1.29 is 0 Å². The van der Waals surface area contributed by atoms with Crippen LogP contribution in [0.4, 0.5) is 0 Å². The minimum absolute atomic E-state index is 0.498. The fraction of sp³-hybridized carbons (Fsp3) is 0.786. The van der Waals surface area contributed by atoms with Gasteiger partial charge in [-0.2, -0.15) is 0 Å². The monoisotopic (exact) mass is 265 g/mol. The smallest absolute Gasteiger partial charge is 0.109 e. The third kappa shape index (κ3) is 2.22. The number of aromatic nitrogens is 1. The van der Waals surface area contributed by atoms with Crippen LogP contribution in [-0.4, -0.2) is 35.1 Å². The molecule has 18 heavy (non-hydrogen) atoms. The van der Waals surface area contributed by atoms with Crippen LogP contribution in [0.1, 0.15) is 50.1 Å². The van der Waals surface area contributed by atoms with Crippen LogP contribution in [0.5, 0.6) is 0 Å². The Morgan fingerprint density at radius 3 is 2.67 bits per heavy atom. The Hall–Kier alpha value is -0.450. The van der Waals surface area contributed by atoms with Gasteiger partial charge in [0.05, 0.1) is 6.04 Å². The van der Waals surface area contributed by atoms with E-state index in [1.807, 2.05) is 6.20 Å². The first-order chi connectivity index (χ1) is 8.79. The van der Waals surface area contributed by atoms with Crippen molar-refractivity contribution in [1.82, 2.24) is 15.2 Å². The van der Waals surface area contributed by atoms with Crippen LogP contribution in [0, 0.1) is 0 Å². The molecule has 2 fully saturated rings. The first kappa shape index (κ1) is 12.6. The van der Waals surface area contributed by atoms with Crippen molar-refractivity contribution in [2.75, 3.05) is 7.05 Å². The lowest BCUT2D eigenvalue weighted by Gasteiger charge is -2.51. The van der Waals surface area contributed by atoms with Gasteiger partial charge in [0.25, 0.3) is 0 Å². The van der Waals surface area contributed by atoms with Crippen molar-refractivity contribution in [3.8, 4) is 0 Å². The SMILES string of the molecule is CNC1CC2CCCC(C1)N2C(C)c1nccs1. The number of piperidine rings is 2. The number of rotatable bonds is 3. The maximum atomic E-state index is 4.52. The van der Waals surface area contributed by atoms with Crippen LogP contribution >= 0.6 is 11.3 Å². The molecular weight excluding hydrogens is 242 g/mol. The minimum atomic E-state index is 0.498. The van der Waals surface area contributed by atoms with E-state index in [1.54, 1.807) is 11.3 Å². The summed E-state index contributed by atoms with van der Waals surface area (Å²) in [5.74, 6) is 0. The van der Waals surface area contributed by atoms with E-state index in [4.69, 9.17) is 0 Å². The molecule has 2 saturated heterocycles. The lowest BCUT2D eigenvalue weighted by Crippen LogP contribution is -2.56. The van der Waals surface area contributed by atoms with Crippen LogP contribution in [0.3, 0.4) is 0 Å². The van der Waals surface area contributed by atoms with E-state index in [-0.39, 0.29) is 0 Å². The molecule has 4 heteroatoms. The van der Waals surface area contributed by atoms with Gasteiger partial charge in [0.1, 0.15) is 5.01 Å². The Labute approximate surface area is 114 Å². The summed E-state index contributed by atoms with van der Waals surface area (Å²) in [6.45, 7) is 2.34. The van der Waals surface area contributed by atoms with Gasteiger partial charge in [-0.15, -0.1) is 11.3 Å². The van der Waals surface area contributed by atoms with Crippen molar-refractivity contribution in [1.29, 1.82) is 0 Å². The van der Waals surface area contributed by atoms with E-state index in [0.29, 0.717) is 6.04 Å². The first-order valence-corrected chi connectivity index (χ1v) is 8.01. The summed E-state index contributed by atoms with van der Waals surface area (Å²) in [7, 11) is 2.11. The second-order valence-electron chi connectivity index (χ2n) is 5.69. The molecule has 0 amide bonds. The van der Waals surface area contributed by atoms with Gasteiger partial charge in [-0.3, -0.25) is 4.90 Å². The van der Waals surface area contributed by atoms with Crippen molar-refractivity contribution in [3.63, 3.8) is 0 Å². The Bertz CT molecular complexity index is 364. The van der Waals surface area contributed by atoms with E-state index in [1.165, 1.54) is 37.1 Å². The predicted molar refractivity (Wildman–Crippen MR) is 75.9 cm³/mol. The fourth-order valence-corrected chi connectivity index (χ4v) is 4.56. The van der Waals surface area contributed by atoms with E-state index >= 15 is 0 Å². The molecule has 0 aliphatic carbocycles. The highest BCUT2D eigenvalue weighted by Crippen LogP contribution is 2.40. The Kier molecular flexibility index (Phi) is 3.68. The molecule has 1 aromatic heterocycles. The van der Waals surface area contributed by atoms with Crippen molar-refractivity contribution in [2.24, 2.45) is 0 Å². The molecule has 0 aromatic carbocycles. The zero-order valence-corrected chi connectivity index (χ0v) is 12.1. The second-order valence-corrected chi connectivity index (χ2v) is 6.62. The Morgan fingerprint density at radius 2 is 2.11 bits per heavy atom. The summed E-state index contributed by atoms with van der Waals surface area (Å²) in [5.41, 5.74) is 0. The van der Waals surface area contributed by atoms with Gasteiger partial charge in [-0.1, -0.05) is 6.42 Å². The molecular formula is C14H23N3S. The van der Waals surface area contributed by atoms with Crippen molar-refractivity contribution in [3.05, 3.63) is 16.6 Å². The maximum Gasteiger partial charge on any atom is 0.109 e. The van der Waals surface area contributed by atoms with Gasteiger partial charge >= 0.3 is 0 Å². The van der Waals surface area contributed by atoms with Crippen molar-refractivity contribution in [2.45, 2.75) is 63.2 Å². The highest BCUT2D eigenvalue weighted by molar-refractivity contribution is 7.09. The highest BCUT2D eigenvalue weighted by Gasteiger charge is 2.40. The minimum Gasteiger partial charge on any atom is -0.317 e. The number of nitrogens with one attached hydrogen (secondary N) is 1. The van der Waals surface area contributed by atoms with E-state index in [2.05, 4.69) is 34.6 Å². The normalized spacial score (nSPS) is 34.4. The predicted octanol–water partition coefficient (Wildman–Crippen LogP) is 2.81. The molecule has 1 aromatic rings. The zero-order chi connectivity index (χ0) is 12.5. The second kappa shape index (κ2) is 5.27. The van der Waals surface area contributed by atoms with E-state index < -0.39 is 0 Å². The van der Waals surface area contributed by atoms with E-state index in [9.17, 15) is 0 Å². The number of thiazole rings is 1. The van der Waals surface area contributed by atoms with Crippen LogP contribution < -0.4 is 5.32 Å². The lowest BCUT2D eigenvalue weighted by molar-refractivity contribution is -0.00520. The summed E-state index contributed by atoms with van der Waals surface area (Å²) in [6.07, 6.45) is 8.69. The van der Waals surface area contributed by atoms with Gasteiger partial charge in [0.2, 0.25) is 0 Å². The average molecular weight is 265 g/mol. The summed E-state index contributed by atoms with van der Waals surface area (Å²) in [5, 5.41) is 6.87. The zero-order valence-electron chi connectivity index (χ0n) is 11.3. The molecule has 3 rings (SSSR count). The molecule has 0 spiro atoms. The Balaban J connectivity index is 1.79. The van der Waals surface area contributed by atoms with Crippen LogP contribution in [0.25, 0.3) is 0 Å². The van der Waals surface area contributed by atoms with Gasteiger partial charge in [-0.05, 0) is 39.7 Å². The molecule has 3 atom stereocenters. The topological polar surface area (TPSA) is 28.2 Å². The third-order valence-corrected chi connectivity index (χ3v) is 5.64. The quantitative estimate of drug-likeness (QED) is 0.911. The highest BCUT2D eigenvalue weighted by atomic mass is 32.1. The number of nitrogens with zero attached hydrogens (tertiary/aromatic N) is 2. The van der Waals surface area contributed by atoms with Crippen LogP contribution in [0.2, 0.25) is 0 Å². The maximum absolute atomic E-state index is 4.52. The molecule has 1 N–H and O–H groups in total. The first-order valence-electron chi connectivity index (χ1n) is 7.13. The number of hydrogen-bond acceptors (Lipinski definition) is 4. The molecule has 2 aliphatic heterocycles. The molecule has 2 bridgehead atoms. The molecule has 3 nitrogen and oxygen atoms in total. The number of fused-ring (bicyclic) bond motifs is 2. The van der Waals surface area contributed by atoms with Crippen molar-refractivity contribution >= 4 is 11.3 Å². The molecule has 0 saturated carbocycles. The van der Waals surface area contributed by atoms with Gasteiger partial charge in [0.15, 0.2) is 0 Å². The third-order valence-electron chi connectivity index (χ3n) is 4.70. The van der Waals surface area contributed by atoms with Gasteiger partial charge in [-0.25, -0.2) is 4.98 Å². The average Bonchev–Trinajstić information content (AvgIpc) is 2.90. The summed E-state index contributed by atoms with van der Waals surface area (Å²) in [4.78, 5) is 7.28. The van der Waals surface area contributed by atoms with Crippen LogP contribution in [-0.2, 0) is 0 Å². The standard InChI is InChI=1S/C14H23N3S/c1-10(14-16-6-7-18-14)17-12-4-3-5-13(17)9-11(8-12)15-2/h6-7,10-13,15H,3-5,8-9H2,1-2H3. The molecule has 100 valence electrons. The Morgan fingerprint density at radius 1 is 1.39 bits per heavy atom. The lowest BCUT2D eigenvalue weighted by atomic mass is 9.81. The summed E-state index contributed by atoms with van der Waals surface area (Å²) in [6, 6.07) is 2.74. The molecule has 3 unspecified atom stereocenters. The van der Waals surface area contributed by atoms with E-state index in [0.717, 1.165) is 18.1 Å². The fourth-order valence-electron chi connectivity index (χ4n) is 3.85. The molecule has 0 radical (unpaired) electrons. The molecule has 3 heterocycles.